The molecular formula is C16H28N3O2+. The van der Waals surface area contributed by atoms with Gasteiger partial charge in [0.25, 0.3) is 0 Å². The lowest BCUT2D eigenvalue weighted by molar-refractivity contribution is -0.884. The molecule has 0 aliphatic rings. The van der Waals surface area contributed by atoms with Crippen LogP contribution < -0.4 is 4.74 Å². The number of aromatic nitrogens is 1. The van der Waals surface area contributed by atoms with Crippen LogP contribution in [0.5, 0.6) is 5.75 Å². The predicted molar refractivity (Wildman–Crippen MR) is 84.1 cm³/mol. The summed E-state index contributed by atoms with van der Waals surface area (Å²) in [5.74, 6) is 0.543. The average molecular weight is 294 g/mol. The van der Waals surface area contributed by atoms with Gasteiger partial charge in [-0.25, -0.2) is 4.79 Å². The van der Waals surface area contributed by atoms with Gasteiger partial charge in [0.2, 0.25) is 0 Å². The number of hydrogen-bond acceptors (Lipinski definition) is 3. The monoisotopic (exact) mass is 294 g/mol. The highest BCUT2D eigenvalue weighted by molar-refractivity contribution is 5.71. The first-order chi connectivity index (χ1) is 9.61. The fourth-order valence-electron chi connectivity index (χ4n) is 2.25. The maximum absolute atomic E-state index is 12.4. The molecule has 21 heavy (non-hydrogen) atoms. The Kier molecular flexibility index (Phi) is 5.72. The maximum Gasteiger partial charge on any atom is 0.415 e. The maximum atomic E-state index is 12.4. The molecule has 5 heteroatoms. The molecule has 1 aromatic heterocycles. The van der Waals surface area contributed by atoms with Crippen LogP contribution in [0.3, 0.4) is 0 Å². The summed E-state index contributed by atoms with van der Waals surface area (Å²) in [5.41, 5.74) is 0.797. The van der Waals surface area contributed by atoms with E-state index in [0.29, 0.717) is 12.3 Å². The lowest BCUT2D eigenvalue weighted by Crippen LogP contribution is -2.44. The summed E-state index contributed by atoms with van der Waals surface area (Å²) in [6.45, 7) is 8.64. The van der Waals surface area contributed by atoms with Gasteiger partial charge < -0.3 is 14.1 Å². The van der Waals surface area contributed by atoms with Gasteiger partial charge in [0, 0.05) is 18.3 Å². The van der Waals surface area contributed by atoms with E-state index >= 15 is 0 Å². The van der Waals surface area contributed by atoms with E-state index in [1.165, 1.54) is 0 Å². The molecule has 0 atom stereocenters. The fourth-order valence-corrected chi connectivity index (χ4v) is 2.25. The number of carbonyl (C=O) groups excluding carboxylic acids is 1. The third-order valence-corrected chi connectivity index (χ3v) is 2.99. The van der Waals surface area contributed by atoms with Crippen LogP contribution in [0.25, 0.3) is 0 Å². The zero-order valence-electron chi connectivity index (χ0n) is 14.3. The first-order valence-corrected chi connectivity index (χ1v) is 7.36. The van der Waals surface area contributed by atoms with Crippen molar-refractivity contribution in [1.82, 2.24) is 9.88 Å². The number of amides is 1. The van der Waals surface area contributed by atoms with Crippen LogP contribution in [0.15, 0.2) is 18.3 Å². The number of rotatable bonds is 5. The van der Waals surface area contributed by atoms with Gasteiger partial charge >= 0.3 is 6.09 Å². The average Bonchev–Trinajstić information content (AvgIpc) is 2.28. The van der Waals surface area contributed by atoms with Crippen LogP contribution in [0, 0.1) is 0 Å². The van der Waals surface area contributed by atoms with E-state index in [2.05, 4.69) is 26.1 Å². The smallest absolute Gasteiger partial charge is 0.408 e. The summed E-state index contributed by atoms with van der Waals surface area (Å²) in [7, 11) is 6.23. The zero-order valence-corrected chi connectivity index (χ0v) is 14.3. The molecule has 0 fully saturated rings. The molecule has 0 radical (unpaired) electrons. The van der Waals surface area contributed by atoms with Gasteiger partial charge in [-0.1, -0.05) is 0 Å². The van der Waals surface area contributed by atoms with Crippen molar-refractivity contribution in [3.05, 3.63) is 24.0 Å². The number of hydrogen-bond donors (Lipinski definition) is 0. The third kappa shape index (κ3) is 5.34. The summed E-state index contributed by atoms with van der Waals surface area (Å²) in [5, 5.41) is 0. The molecule has 0 aromatic carbocycles. The van der Waals surface area contributed by atoms with E-state index in [-0.39, 0.29) is 18.2 Å². The first kappa shape index (κ1) is 17.4. The molecule has 1 aromatic rings. The van der Waals surface area contributed by atoms with Gasteiger partial charge in [-0.15, -0.1) is 0 Å². The molecule has 0 aliphatic heterocycles. The normalized spacial score (nSPS) is 11.9. The highest BCUT2D eigenvalue weighted by Crippen LogP contribution is 2.20. The van der Waals surface area contributed by atoms with E-state index in [0.717, 1.165) is 10.2 Å². The van der Waals surface area contributed by atoms with Crippen molar-refractivity contribution in [3.8, 4) is 5.75 Å². The van der Waals surface area contributed by atoms with Gasteiger partial charge in [0.05, 0.1) is 21.1 Å². The summed E-state index contributed by atoms with van der Waals surface area (Å²) < 4.78 is 6.31. The van der Waals surface area contributed by atoms with Crippen molar-refractivity contribution in [2.75, 3.05) is 21.1 Å². The van der Waals surface area contributed by atoms with Crippen molar-refractivity contribution in [2.45, 2.75) is 46.3 Å². The Morgan fingerprint density at radius 3 is 2.29 bits per heavy atom. The van der Waals surface area contributed by atoms with E-state index in [4.69, 9.17) is 4.74 Å². The van der Waals surface area contributed by atoms with Crippen LogP contribution >= 0.6 is 0 Å². The van der Waals surface area contributed by atoms with Gasteiger partial charge in [0.1, 0.15) is 12.2 Å². The molecule has 0 saturated heterocycles. The molecule has 0 unspecified atom stereocenters. The Balaban J connectivity index is 2.95. The second kappa shape index (κ2) is 6.89. The topological polar surface area (TPSA) is 42.4 Å². The lowest BCUT2D eigenvalue weighted by atomic mass is 10.2. The van der Waals surface area contributed by atoms with Crippen molar-refractivity contribution < 1.29 is 14.0 Å². The van der Waals surface area contributed by atoms with Gasteiger partial charge in [-0.05, 0) is 39.8 Å². The van der Waals surface area contributed by atoms with Gasteiger partial charge in [-0.2, -0.15) is 0 Å². The van der Waals surface area contributed by atoms with Crippen LogP contribution in [0.1, 0.15) is 33.4 Å². The van der Waals surface area contributed by atoms with Crippen molar-refractivity contribution in [2.24, 2.45) is 0 Å². The highest BCUT2D eigenvalue weighted by Gasteiger charge is 2.24. The summed E-state index contributed by atoms with van der Waals surface area (Å²) >= 11 is 0. The van der Waals surface area contributed by atoms with Gasteiger partial charge in [0.15, 0.2) is 5.75 Å². The highest BCUT2D eigenvalue weighted by atomic mass is 16.6. The standard InChI is InChI=1S/C16H28N3O2/c1-12(2)18(13(3)4)16(20)21-15-9-8-10-17-14(15)11-19(5,6)7/h8-10,12-13H,11H2,1-7H3/q+1. The SMILES string of the molecule is CC(C)N(C(=O)Oc1cccnc1C[N+](C)(C)C)C(C)C. The molecule has 1 amide bonds. The Bertz CT molecular complexity index is 471. The fraction of sp³-hybridized carbons (Fsp3) is 0.625. The van der Waals surface area contributed by atoms with Gasteiger partial charge in [-0.3, -0.25) is 4.98 Å². The molecule has 1 heterocycles. The number of pyridine rings is 1. The van der Waals surface area contributed by atoms with Crippen LogP contribution in [0.2, 0.25) is 0 Å². The minimum absolute atomic E-state index is 0.0935. The predicted octanol–water partition coefficient (Wildman–Crippen LogP) is 2.91. The van der Waals surface area contributed by atoms with Crippen LogP contribution in [-0.4, -0.2) is 53.7 Å². The quantitative estimate of drug-likeness (QED) is 0.784. The third-order valence-electron chi connectivity index (χ3n) is 2.99. The van der Waals surface area contributed by atoms with Crippen LogP contribution in [0.4, 0.5) is 4.79 Å². The number of quaternary nitrogens is 1. The minimum atomic E-state index is -0.323. The summed E-state index contributed by atoms with van der Waals surface area (Å²) in [4.78, 5) is 18.5. The molecule has 5 nitrogen and oxygen atoms in total. The van der Waals surface area contributed by atoms with Crippen molar-refractivity contribution in [1.29, 1.82) is 0 Å². The Hall–Kier alpha value is -1.62. The second-order valence-electron chi connectivity index (χ2n) is 6.86. The first-order valence-electron chi connectivity index (χ1n) is 7.36. The molecule has 118 valence electrons. The molecule has 0 bridgehead atoms. The number of carbonyl (C=O) groups is 1. The van der Waals surface area contributed by atoms with Crippen molar-refractivity contribution >= 4 is 6.09 Å². The van der Waals surface area contributed by atoms with Crippen molar-refractivity contribution in [3.63, 3.8) is 0 Å². The summed E-state index contributed by atoms with van der Waals surface area (Å²) in [6, 6.07) is 3.78. The number of nitrogens with zero attached hydrogens (tertiary/aromatic N) is 3. The molecular weight excluding hydrogens is 266 g/mol. The van der Waals surface area contributed by atoms with Crippen LogP contribution in [-0.2, 0) is 6.54 Å². The summed E-state index contributed by atoms with van der Waals surface area (Å²) in [6.07, 6.45) is 1.40. The van der Waals surface area contributed by atoms with E-state index in [9.17, 15) is 4.79 Å². The minimum Gasteiger partial charge on any atom is -0.408 e. The molecule has 0 saturated carbocycles. The Morgan fingerprint density at radius 1 is 1.24 bits per heavy atom. The Labute approximate surface area is 128 Å². The Morgan fingerprint density at radius 2 is 1.81 bits per heavy atom. The largest absolute Gasteiger partial charge is 0.415 e. The zero-order chi connectivity index (χ0) is 16.2. The number of ether oxygens (including phenoxy) is 1. The second-order valence-corrected chi connectivity index (χ2v) is 6.86. The molecule has 0 spiro atoms. The molecule has 0 aliphatic carbocycles. The van der Waals surface area contributed by atoms with E-state index in [1.807, 2.05) is 27.7 Å². The molecule has 1 rings (SSSR count). The molecule has 0 N–H and O–H groups in total. The van der Waals surface area contributed by atoms with E-state index < -0.39 is 0 Å². The van der Waals surface area contributed by atoms with E-state index in [1.54, 1.807) is 23.2 Å². The lowest BCUT2D eigenvalue weighted by Gasteiger charge is -2.30.